The van der Waals surface area contributed by atoms with Crippen LogP contribution in [0, 0.1) is 0 Å². The van der Waals surface area contributed by atoms with Crippen molar-refractivity contribution in [2.24, 2.45) is 0 Å². The standard InChI is InChI=1S/C12H19N3O2S/c1-15(9-4-2-3-5-9)7-6-13-12-14-10(8-18-12)11(16)17/h8-9H,2-7H2,1H3,(H,13,14)(H,16,17). The number of nitrogens with zero attached hydrogens (tertiary/aromatic N) is 2. The van der Waals surface area contributed by atoms with Gasteiger partial charge in [-0.25, -0.2) is 9.78 Å². The van der Waals surface area contributed by atoms with Crippen LogP contribution >= 0.6 is 11.3 Å². The van der Waals surface area contributed by atoms with Crippen LogP contribution in [0.5, 0.6) is 0 Å². The SMILES string of the molecule is CN(CCNc1nc(C(=O)O)cs1)C1CCCC1. The average molecular weight is 269 g/mol. The lowest BCUT2D eigenvalue weighted by atomic mass is 10.2. The molecule has 1 heterocycles. The number of rotatable bonds is 6. The molecule has 100 valence electrons. The monoisotopic (exact) mass is 269 g/mol. The van der Waals surface area contributed by atoms with Gasteiger partial charge in [0.2, 0.25) is 0 Å². The molecule has 0 unspecified atom stereocenters. The fourth-order valence-corrected chi connectivity index (χ4v) is 3.03. The smallest absolute Gasteiger partial charge is 0.355 e. The number of carboxylic acid groups (broad SMARTS) is 1. The summed E-state index contributed by atoms with van der Waals surface area (Å²) in [5.74, 6) is -0.970. The van der Waals surface area contributed by atoms with E-state index in [-0.39, 0.29) is 5.69 Å². The van der Waals surface area contributed by atoms with Gasteiger partial charge in [-0.2, -0.15) is 0 Å². The van der Waals surface area contributed by atoms with Crippen LogP contribution < -0.4 is 5.32 Å². The minimum atomic E-state index is -0.970. The van der Waals surface area contributed by atoms with Gasteiger partial charge in [-0.3, -0.25) is 0 Å². The van der Waals surface area contributed by atoms with Crippen LogP contribution in [0.15, 0.2) is 5.38 Å². The summed E-state index contributed by atoms with van der Waals surface area (Å²) in [4.78, 5) is 17.1. The van der Waals surface area contributed by atoms with Gasteiger partial charge < -0.3 is 15.3 Å². The molecule has 2 N–H and O–H groups in total. The lowest BCUT2D eigenvalue weighted by Gasteiger charge is -2.23. The molecule has 6 heteroatoms. The normalized spacial score (nSPS) is 16.3. The van der Waals surface area contributed by atoms with Crippen LogP contribution in [0.25, 0.3) is 0 Å². The number of aromatic carboxylic acids is 1. The molecule has 18 heavy (non-hydrogen) atoms. The summed E-state index contributed by atoms with van der Waals surface area (Å²) in [5.41, 5.74) is 0.117. The molecule has 1 fully saturated rings. The fourth-order valence-electron chi connectivity index (χ4n) is 2.32. The molecule has 0 bridgehead atoms. The number of carboxylic acids is 1. The number of carbonyl (C=O) groups is 1. The Morgan fingerprint density at radius 1 is 1.61 bits per heavy atom. The first kappa shape index (κ1) is 13.3. The molecule has 2 rings (SSSR count). The Balaban J connectivity index is 1.72. The van der Waals surface area contributed by atoms with Gasteiger partial charge in [0.1, 0.15) is 0 Å². The molecule has 1 aromatic rings. The highest BCUT2D eigenvalue weighted by Gasteiger charge is 2.18. The molecule has 1 aromatic heterocycles. The maximum atomic E-state index is 10.7. The van der Waals surface area contributed by atoms with Gasteiger partial charge in [-0.15, -0.1) is 11.3 Å². The summed E-state index contributed by atoms with van der Waals surface area (Å²) in [6.45, 7) is 1.77. The predicted octanol–water partition coefficient (Wildman–Crippen LogP) is 2.13. The van der Waals surface area contributed by atoms with Gasteiger partial charge in [0.05, 0.1) is 0 Å². The molecule has 0 amide bonds. The Morgan fingerprint density at radius 3 is 2.94 bits per heavy atom. The molecule has 1 aliphatic carbocycles. The molecule has 0 spiro atoms. The van der Waals surface area contributed by atoms with Gasteiger partial charge in [-0.1, -0.05) is 12.8 Å². The molecule has 0 aromatic carbocycles. The van der Waals surface area contributed by atoms with E-state index in [1.165, 1.54) is 37.0 Å². The second-order valence-electron chi connectivity index (χ2n) is 4.69. The van der Waals surface area contributed by atoms with E-state index in [1.54, 1.807) is 5.38 Å². The molecule has 0 atom stereocenters. The van der Waals surface area contributed by atoms with Crippen LogP contribution in [0.4, 0.5) is 5.13 Å². The zero-order valence-electron chi connectivity index (χ0n) is 10.6. The van der Waals surface area contributed by atoms with Gasteiger partial charge in [0, 0.05) is 24.5 Å². The maximum Gasteiger partial charge on any atom is 0.355 e. The molecule has 0 radical (unpaired) electrons. The van der Waals surface area contributed by atoms with E-state index in [0.717, 1.165) is 19.1 Å². The Labute approximate surface area is 111 Å². The van der Waals surface area contributed by atoms with Crippen molar-refractivity contribution in [3.8, 4) is 0 Å². The van der Waals surface area contributed by atoms with E-state index < -0.39 is 5.97 Å². The molecule has 0 saturated heterocycles. The van der Waals surface area contributed by atoms with Crippen molar-refractivity contribution in [2.45, 2.75) is 31.7 Å². The van der Waals surface area contributed by atoms with E-state index in [4.69, 9.17) is 5.11 Å². The van der Waals surface area contributed by atoms with Crippen molar-refractivity contribution >= 4 is 22.4 Å². The molecule has 0 aliphatic heterocycles. The zero-order chi connectivity index (χ0) is 13.0. The average Bonchev–Trinajstić information content (AvgIpc) is 3.00. The summed E-state index contributed by atoms with van der Waals surface area (Å²) < 4.78 is 0. The highest BCUT2D eigenvalue weighted by Crippen LogP contribution is 2.22. The Morgan fingerprint density at radius 2 is 2.33 bits per heavy atom. The van der Waals surface area contributed by atoms with Crippen LogP contribution in [0.1, 0.15) is 36.2 Å². The van der Waals surface area contributed by atoms with E-state index in [2.05, 4.69) is 22.2 Å². The van der Waals surface area contributed by atoms with Gasteiger partial charge in [-0.05, 0) is 19.9 Å². The predicted molar refractivity (Wildman–Crippen MR) is 72.4 cm³/mol. The summed E-state index contributed by atoms with van der Waals surface area (Å²) in [6.07, 6.45) is 5.29. The first-order valence-corrected chi connectivity index (χ1v) is 7.17. The zero-order valence-corrected chi connectivity index (χ0v) is 11.4. The highest BCUT2D eigenvalue weighted by molar-refractivity contribution is 7.13. The Kier molecular flexibility index (Phi) is 4.54. The molecule has 1 saturated carbocycles. The summed E-state index contributed by atoms with van der Waals surface area (Å²) in [7, 11) is 2.15. The Bertz CT molecular complexity index is 402. The maximum absolute atomic E-state index is 10.7. The number of thiazole rings is 1. The van der Waals surface area contributed by atoms with Crippen LogP contribution in [-0.2, 0) is 0 Å². The van der Waals surface area contributed by atoms with E-state index in [0.29, 0.717) is 5.13 Å². The number of hydrogen-bond donors (Lipinski definition) is 2. The second kappa shape index (κ2) is 6.15. The number of anilines is 1. The minimum Gasteiger partial charge on any atom is -0.476 e. The van der Waals surface area contributed by atoms with E-state index in [9.17, 15) is 4.79 Å². The van der Waals surface area contributed by atoms with Crippen LogP contribution in [-0.4, -0.2) is 47.1 Å². The third-order valence-corrected chi connectivity index (χ3v) is 4.21. The minimum absolute atomic E-state index is 0.117. The van der Waals surface area contributed by atoms with Crippen LogP contribution in [0.2, 0.25) is 0 Å². The van der Waals surface area contributed by atoms with Crippen molar-refractivity contribution in [1.82, 2.24) is 9.88 Å². The lowest BCUT2D eigenvalue weighted by molar-refractivity contribution is 0.0691. The second-order valence-corrected chi connectivity index (χ2v) is 5.55. The summed E-state index contributed by atoms with van der Waals surface area (Å²) in [6, 6.07) is 0.720. The third kappa shape index (κ3) is 3.43. The van der Waals surface area contributed by atoms with Crippen LogP contribution in [0.3, 0.4) is 0 Å². The van der Waals surface area contributed by atoms with E-state index in [1.807, 2.05) is 0 Å². The highest BCUT2D eigenvalue weighted by atomic mass is 32.1. The van der Waals surface area contributed by atoms with Crippen molar-refractivity contribution in [2.75, 3.05) is 25.5 Å². The first-order chi connectivity index (χ1) is 8.66. The molecular formula is C12H19N3O2S. The first-order valence-electron chi connectivity index (χ1n) is 6.30. The molecule has 1 aliphatic rings. The van der Waals surface area contributed by atoms with Crippen molar-refractivity contribution in [1.29, 1.82) is 0 Å². The number of likely N-dealkylation sites (N-methyl/N-ethyl adjacent to an activating group) is 1. The van der Waals surface area contributed by atoms with Crippen molar-refractivity contribution in [3.05, 3.63) is 11.1 Å². The van der Waals surface area contributed by atoms with Crippen molar-refractivity contribution < 1.29 is 9.90 Å². The quantitative estimate of drug-likeness (QED) is 0.828. The lowest BCUT2D eigenvalue weighted by Crippen LogP contribution is -2.33. The number of aromatic nitrogens is 1. The van der Waals surface area contributed by atoms with Gasteiger partial charge in [0.15, 0.2) is 10.8 Å². The van der Waals surface area contributed by atoms with Gasteiger partial charge >= 0.3 is 5.97 Å². The molecule has 5 nitrogen and oxygen atoms in total. The largest absolute Gasteiger partial charge is 0.476 e. The summed E-state index contributed by atoms with van der Waals surface area (Å²) in [5, 5.41) is 14.2. The molecular weight excluding hydrogens is 250 g/mol. The van der Waals surface area contributed by atoms with Gasteiger partial charge in [0.25, 0.3) is 0 Å². The topological polar surface area (TPSA) is 65.5 Å². The number of nitrogens with one attached hydrogen (secondary N) is 1. The Hall–Kier alpha value is -1.14. The number of hydrogen-bond acceptors (Lipinski definition) is 5. The summed E-state index contributed by atoms with van der Waals surface area (Å²) >= 11 is 1.34. The fraction of sp³-hybridized carbons (Fsp3) is 0.667. The van der Waals surface area contributed by atoms with E-state index >= 15 is 0 Å². The van der Waals surface area contributed by atoms with Crippen molar-refractivity contribution in [3.63, 3.8) is 0 Å². The third-order valence-electron chi connectivity index (χ3n) is 3.41.